The van der Waals surface area contributed by atoms with Crippen molar-refractivity contribution in [2.24, 2.45) is 0 Å². The minimum Gasteiger partial charge on any atom is -0.369 e. The maximum Gasteiger partial charge on any atom is 0.226 e. The number of para-hydroxylation sites is 1. The molecule has 0 aliphatic carbocycles. The van der Waals surface area contributed by atoms with Crippen molar-refractivity contribution in [2.75, 3.05) is 29.0 Å². The SMILES string of the molecule is O=C(CCNc1ccnc(NCCc2ccccc2)n1)Nc1ccccc1. The van der Waals surface area contributed by atoms with Crippen molar-refractivity contribution >= 4 is 23.4 Å². The molecular weight excluding hydrogens is 338 g/mol. The van der Waals surface area contributed by atoms with Crippen LogP contribution in [0.25, 0.3) is 0 Å². The van der Waals surface area contributed by atoms with Crippen LogP contribution in [-0.4, -0.2) is 29.0 Å². The van der Waals surface area contributed by atoms with Gasteiger partial charge >= 0.3 is 0 Å². The van der Waals surface area contributed by atoms with Crippen LogP contribution < -0.4 is 16.0 Å². The molecule has 0 aliphatic heterocycles. The summed E-state index contributed by atoms with van der Waals surface area (Å²) in [5.74, 6) is 1.23. The predicted molar refractivity (Wildman–Crippen MR) is 109 cm³/mol. The van der Waals surface area contributed by atoms with Crippen LogP contribution in [0.5, 0.6) is 0 Å². The number of amides is 1. The summed E-state index contributed by atoms with van der Waals surface area (Å²) in [6, 6.07) is 21.5. The van der Waals surface area contributed by atoms with Crippen molar-refractivity contribution in [2.45, 2.75) is 12.8 Å². The van der Waals surface area contributed by atoms with E-state index in [0.717, 1.165) is 18.7 Å². The maximum absolute atomic E-state index is 11.9. The summed E-state index contributed by atoms with van der Waals surface area (Å²) < 4.78 is 0. The van der Waals surface area contributed by atoms with Gasteiger partial charge in [0.1, 0.15) is 5.82 Å². The molecule has 3 rings (SSSR count). The van der Waals surface area contributed by atoms with Gasteiger partial charge in [-0.25, -0.2) is 4.98 Å². The van der Waals surface area contributed by atoms with Gasteiger partial charge in [0.25, 0.3) is 0 Å². The lowest BCUT2D eigenvalue weighted by Crippen LogP contribution is -2.17. The second kappa shape index (κ2) is 9.91. The number of hydrogen-bond donors (Lipinski definition) is 3. The van der Waals surface area contributed by atoms with Crippen LogP contribution in [0.1, 0.15) is 12.0 Å². The summed E-state index contributed by atoms with van der Waals surface area (Å²) in [6.45, 7) is 1.26. The molecule has 6 nitrogen and oxygen atoms in total. The second-order valence-electron chi connectivity index (χ2n) is 6.02. The van der Waals surface area contributed by atoms with Gasteiger partial charge in [-0.2, -0.15) is 4.98 Å². The summed E-state index contributed by atoms with van der Waals surface area (Å²) in [5, 5.41) is 9.24. The number of anilines is 3. The molecule has 0 fully saturated rings. The van der Waals surface area contributed by atoms with Crippen molar-refractivity contribution in [1.29, 1.82) is 0 Å². The molecule has 0 atom stereocenters. The van der Waals surface area contributed by atoms with Crippen molar-refractivity contribution < 1.29 is 4.79 Å². The van der Waals surface area contributed by atoms with Gasteiger partial charge in [0.05, 0.1) is 0 Å². The number of hydrogen-bond acceptors (Lipinski definition) is 5. The smallest absolute Gasteiger partial charge is 0.226 e. The van der Waals surface area contributed by atoms with E-state index in [1.807, 2.05) is 48.5 Å². The van der Waals surface area contributed by atoms with Crippen molar-refractivity contribution in [3.05, 3.63) is 78.5 Å². The van der Waals surface area contributed by atoms with E-state index in [2.05, 4.69) is 38.1 Å². The van der Waals surface area contributed by atoms with Crippen LogP contribution in [-0.2, 0) is 11.2 Å². The highest BCUT2D eigenvalue weighted by Gasteiger charge is 2.03. The van der Waals surface area contributed by atoms with E-state index >= 15 is 0 Å². The van der Waals surface area contributed by atoms with E-state index in [1.165, 1.54) is 5.56 Å². The average molecular weight is 361 g/mol. The molecule has 27 heavy (non-hydrogen) atoms. The first-order chi connectivity index (χ1) is 13.3. The first kappa shape index (κ1) is 18.4. The van der Waals surface area contributed by atoms with Crippen LogP contribution >= 0.6 is 0 Å². The molecule has 6 heteroatoms. The third kappa shape index (κ3) is 6.43. The molecule has 0 unspecified atom stereocenters. The first-order valence-corrected chi connectivity index (χ1v) is 8.99. The Morgan fingerprint density at radius 3 is 2.37 bits per heavy atom. The fraction of sp³-hybridized carbons (Fsp3) is 0.190. The average Bonchev–Trinajstić information content (AvgIpc) is 2.70. The van der Waals surface area contributed by atoms with E-state index in [4.69, 9.17) is 0 Å². The second-order valence-corrected chi connectivity index (χ2v) is 6.02. The lowest BCUT2D eigenvalue weighted by Gasteiger charge is -2.09. The molecule has 0 aliphatic rings. The quantitative estimate of drug-likeness (QED) is 0.543. The molecule has 1 amide bonds. The molecule has 3 aromatic rings. The van der Waals surface area contributed by atoms with Crippen LogP contribution in [0.2, 0.25) is 0 Å². The molecule has 0 saturated carbocycles. The van der Waals surface area contributed by atoms with Crippen molar-refractivity contribution in [3.8, 4) is 0 Å². The number of aromatic nitrogens is 2. The topological polar surface area (TPSA) is 78.9 Å². The van der Waals surface area contributed by atoms with E-state index in [9.17, 15) is 4.79 Å². The fourth-order valence-electron chi connectivity index (χ4n) is 2.55. The van der Waals surface area contributed by atoms with Crippen LogP contribution in [0.3, 0.4) is 0 Å². The van der Waals surface area contributed by atoms with Crippen LogP contribution in [0.15, 0.2) is 72.9 Å². The Balaban J connectivity index is 1.40. The van der Waals surface area contributed by atoms with E-state index in [1.54, 1.807) is 12.3 Å². The number of nitrogens with one attached hydrogen (secondary N) is 3. The summed E-state index contributed by atoms with van der Waals surface area (Å²) >= 11 is 0. The van der Waals surface area contributed by atoms with Gasteiger partial charge in [0, 0.05) is 31.4 Å². The van der Waals surface area contributed by atoms with Gasteiger partial charge < -0.3 is 16.0 Å². The number of carbonyl (C=O) groups excluding carboxylic acids is 1. The molecule has 1 aromatic heterocycles. The van der Waals surface area contributed by atoms with Gasteiger partial charge in [-0.3, -0.25) is 4.79 Å². The molecule has 2 aromatic carbocycles. The Labute approximate surface area is 159 Å². The molecule has 1 heterocycles. The number of nitrogens with zero attached hydrogens (tertiary/aromatic N) is 2. The van der Waals surface area contributed by atoms with Gasteiger partial charge in [-0.15, -0.1) is 0 Å². The third-order valence-electron chi connectivity index (χ3n) is 3.91. The van der Waals surface area contributed by atoms with Crippen molar-refractivity contribution in [1.82, 2.24) is 9.97 Å². The van der Waals surface area contributed by atoms with Gasteiger partial charge in [-0.05, 0) is 30.2 Å². The molecule has 3 N–H and O–H groups in total. The standard InChI is InChI=1S/C21H23N5O/c27-20(25-18-9-5-2-6-10-18)13-16-22-19-12-15-24-21(26-19)23-14-11-17-7-3-1-4-8-17/h1-10,12,15H,11,13-14,16H2,(H,25,27)(H2,22,23,24,26). The normalized spacial score (nSPS) is 10.2. The Morgan fingerprint density at radius 1 is 0.852 bits per heavy atom. The Kier molecular flexibility index (Phi) is 6.75. The van der Waals surface area contributed by atoms with Gasteiger partial charge in [0.2, 0.25) is 11.9 Å². The number of rotatable bonds is 9. The largest absolute Gasteiger partial charge is 0.369 e. The van der Waals surface area contributed by atoms with Crippen LogP contribution in [0.4, 0.5) is 17.5 Å². The lowest BCUT2D eigenvalue weighted by molar-refractivity contribution is -0.115. The fourth-order valence-corrected chi connectivity index (χ4v) is 2.55. The maximum atomic E-state index is 11.9. The Bertz CT molecular complexity index is 839. The zero-order valence-corrected chi connectivity index (χ0v) is 15.1. The zero-order valence-electron chi connectivity index (χ0n) is 15.1. The van der Waals surface area contributed by atoms with E-state index in [-0.39, 0.29) is 5.91 Å². The summed E-state index contributed by atoms with van der Waals surface area (Å²) in [4.78, 5) is 20.6. The third-order valence-corrected chi connectivity index (χ3v) is 3.91. The molecule has 0 radical (unpaired) electrons. The minimum absolute atomic E-state index is 0.0380. The first-order valence-electron chi connectivity index (χ1n) is 8.99. The predicted octanol–water partition coefficient (Wildman–Crippen LogP) is 3.57. The van der Waals surface area contributed by atoms with E-state index < -0.39 is 0 Å². The highest BCUT2D eigenvalue weighted by Crippen LogP contribution is 2.08. The van der Waals surface area contributed by atoms with Crippen molar-refractivity contribution in [3.63, 3.8) is 0 Å². The van der Waals surface area contributed by atoms with Gasteiger partial charge in [-0.1, -0.05) is 48.5 Å². The summed E-state index contributed by atoms with van der Waals surface area (Å²) in [6.07, 6.45) is 2.96. The highest BCUT2D eigenvalue weighted by molar-refractivity contribution is 5.90. The Hall–Kier alpha value is -3.41. The summed E-state index contributed by atoms with van der Waals surface area (Å²) in [5.41, 5.74) is 2.07. The summed E-state index contributed by atoms with van der Waals surface area (Å²) in [7, 11) is 0. The molecule has 138 valence electrons. The zero-order chi connectivity index (χ0) is 18.7. The Morgan fingerprint density at radius 2 is 1.59 bits per heavy atom. The lowest BCUT2D eigenvalue weighted by atomic mass is 10.1. The monoisotopic (exact) mass is 361 g/mol. The molecule has 0 spiro atoms. The van der Waals surface area contributed by atoms with Crippen LogP contribution in [0, 0.1) is 0 Å². The van der Waals surface area contributed by atoms with Gasteiger partial charge in [0.15, 0.2) is 0 Å². The highest BCUT2D eigenvalue weighted by atomic mass is 16.1. The molecular formula is C21H23N5O. The molecule has 0 saturated heterocycles. The number of benzene rings is 2. The molecule has 0 bridgehead atoms. The number of carbonyl (C=O) groups is 1. The van der Waals surface area contributed by atoms with E-state index in [0.29, 0.717) is 24.7 Å². The minimum atomic E-state index is -0.0380.